The number of alkyl halides is 3. The first-order valence-electron chi connectivity index (χ1n) is 11.6. The van der Waals surface area contributed by atoms with Gasteiger partial charge in [-0.3, -0.25) is 4.90 Å². The molecule has 0 atom stereocenters. The zero-order valence-corrected chi connectivity index (χ0v) is 18.6. The molecule has 3 aromatic rings. The molecule has 0 spiro atoms. The van der Waals surface area contributed by atoms with Gasteiger partial charge in [0.2, 0.25) is 0 Å². The fraction of sp³-hybridized carbons (Fsp3) is 0.440. The lowest BCUT2D eigenvalue weighted by Crippen LogP contribution is -2.46. The van der Waals surface area contributed by atoms with Gasteiger partial charge in [-0.25, -0.2) is 0 Å². The number of fused-ring (bicyclic) bond motifs is 1. The van der Waals surface area contributed by atoms with Crippen molar-refractivity contribution in [2.45, 2.75) is 32.0 Å². The molecule has 0 N–H and O–H groups in total. The molecular weight excluding hydrogens is 427 g/mol. The fourth-order valence-electron chi connectivity index (χ4n) is 4.87. The Bertz CT molecular complexity index is 1100. The van der Waals surface area contributed by atoms with Crippen molar-refractivity contribution in [1.82, 2.24) is 15.1 Å². The highest BCUT2D eigenvalue weighted by Gasteiger charge is 2.30. The van der Waals surface area contributed by atoms with Crippen molar-refractivity contribution in [3.05, 3.63) is 59.7 Å². The van der Waals surface area contributed by atoms with Crippen LogP contribution in [0.1, 0.15) is 30.4 Å². The van der Waals surface area contributed by atoms with Crippen molar-refractivity contribution < 1.29 is 13.2 Å². The normalized spacial score (nSPS) is 18.2. The van der Waals surface area contributed by atoms with Crippen molar-refractivity contribution in [1.29, 1.82) is 0 Å². The first-order valence-corrected chi connectivity index (χ1v) is 11.6. The van der Waals surface area contributed by atoms with Gasteiger partial charge < -0.3 is 9.80 Å². The second kappa shape index (κ2) is 9.17. The molecule has 33 heavy (non-hydrogen) atoms. The van der Waals surface area contributed by atoms with Gasteiger partial charge in [0.05, 0.1) is 5.56 Å². The highest BCUT2D eigenvalue weighted by atomic mass is 19.4. The van der Waals surface area contributed by atoms with E-state index >= 15 is 0 Å². The Morgan fingerprint density at radius 3 is 1.91 bits per heavy atom. The Balaban J connectivity index is 1.30. The molecule has 0 bridgehead atoms. The van der Waals surface area contributed by atoms with E-state index in [4.69, 9.17) is 0 Å². The van der Waals surface area contributed by atoms with Crippen LogP contribution in [-0.4, -0.2) is 54.4 Å². The van der Waals surface area contributed by atoms with Crippen molar-refractivity contribution in [3.63, 3.8) is 0 Å². The number of aromatic nitrogens is 2. The van der Waals surface area contributed by atoms with Crippen molar-refractivity contribution in [3.8, 4) is 0 Å². The monoisotopic (exact) mass is 455 g/mol. The maximum atomic E-state index is 13.0. The minimum atomic E-state index is -4.31. The average molecular weight is 456 g/mol. The first kappa shape index (κ1) is 21.9. The van der Waals surface area contributed by atoms with Crippen LogP contribution in [-0.2, 0) is 12.7 Å². The number of anilines is 2. The summed E-state index contributed by atoms with van der Waals surface area (Å²) >= 11 is 0. The van der Waals surface area contributed by atoms with Crippen LogP contribution < -0.4 is 9.80 Å². The second-order valence-electron chi connectivity index (χ2n) is 8.90. The van der Waals surface area contributed by atoms with Crippen molar-refractivity contribution >= 4 is 22.4 Å². The third-order valence-electron chi connectivity index (χ3n) is 6.64. The molecule has 0 aliphatic carbocycles. The van der Waals surface area contributed by atoms with E-state index in [-0.39, 0.29) is 0 Å². The summed E-state index contributed by atoms with van der Waals surface area (Å²) < 4.78 is 39.1. The van der Waals surface area contributed by atoms with Gasteiger partial charge in [-0.2, -0.15) is 13.2 Å². The Morgan fingerprint density at radius 1 is 0.697 bits per heavy atom. The maximum Gasteiger partial charge on any atom is 0.416 e. The average Bonchev–Trinajstić information content (AvgIpc) is 2.84. The van der Waals surface area contributed by atoms with Gasteiger partial charge in [-0.05, 0) is 30.9 Å². The number of benzene rings is 2. The van der Waals surface area contributed by atoms with Crippen LogP contribution >= 0.6 is 0 Å². The van der Waals surface area contributed by atoms with E-state index in [1.807, 2.05) is 12.1 Å². The molecule has 0 amide bonds. The molecule has 1 aromatic heterocycles. The van der Waals surface area contributed by atoms with Gasteiger partial charge in [0.1, 0.15) is 0 Å². The number of piperazine rings is 1. The number of hydrogen-bond donors (Lipinski definition) is 0. The van der Waals surface area contributed by atoms with Crippen LogP contribution in [0.25, 0.3) is 10.8 Å². The summed E-state index contributed by atoms with van der Waals surface area (Å²) in [5.74, 6) is 1.86. The van der Waals surface area contributed by atoms with Gasteiger partial charge in [0.25, 0.3) is 0 Å². The third kappa shape index (κ3) is 4.76. The molecule has 2 aromatic carbocycles. The Kier molecular flexibility index (Phi) is 6.10. The van der Waals surface area contributed by atoms with E-state index in [0.717, 1.165) is 67.7 Å². The van der Waals surface area contributed by atoms with Crippen LogP contribution in [0.15, 0.2) is 48.5 Å². The molecule has 0 radical (unpaired) electrons. The van der Waals surface area contributed by atoms with Crippen LogP contribution in [0.4, 0.5) is 24.8 Å². The number of nitrogens with zero attached hydrogens (tertiary/aromatic N) is 5. The Hall–Kier alpha value is -2.87. The quantitative estimate of drug-likeness (QED) is 0.556. The molecular formula is C25H28F3N5. The van der Waals surface area contributed by atoms with Crippen molar-refractivity contribution in [2.24, 2.45) is 0 Å². The van der Waals surface area contributed by atoms with Gasteiger partial charge in [0.15, 0.2) is 11.6 Å². The zero-order valence-electron chi connectivity index (χ0n) is 18.6. The number of rotatable bonds is 4. The summed E-state index contributed by atoms with van der Waals surface area (Å²) in [7, 11) is 0. The summed E-state index contributed by atoms with van der Waals surface area (Å²) in [6.07, 6.45) is -0.670. The van der Waals surface area contributed by atoms with E-state index in [1.165, 1.54) is 31.4 Å². The maximum absolute atomic E-state index is 13.0. The van der Waals surface area contributed by atoms with Gasteiger partial charge >= 0.3 is 6.18 Å². The summed E-state index contributed by atoms with van der Waals surface area (Å²) in [6, 6.07) is 14.0. The molecule has 174 valence electrons. The minimum Gasteiger partial charge on any atom is -0.355 e. The van der Waals surface area contributed by atoms with Crippen LogP contribution in [0, 0.1) is 0 Å². The molecule has 3 heterocycles. The number of piperidine rings is 1. The fourth-order valence-corrected chi connectivity index (χ4v) is 4.87. The highest BCUT2D eigenvalue weighted by molar-refractivity contribution is 5.99. The molecule has 0 unspecified atom stereocenters. The lowest BCUT2D eigenvalue weighted by Gasteiger charge is -2.36. The predicted octanol–water partition coefficient (Wildman–Crippen LogP) is 4.96. The standard InChI is InChI=1S/C25H28F3N5/c26-25(27,28)20-8-6-7-19(17-20)18-31-13-15-33(16-14-31)24-22-10-3-2-9-21(22)23(29-30-24)32-11-4-1-5-12-32/h2-3,6-10,17H,1,4-5,11-16,18H2. The zero-order chi connectivity index (χ0) is 22.8. The summed E-state index contributed by atoms with van der Waals surface area (Å²) in [5.41, 5.74) is 0.101. The van der Waals surface area contributed by atoms with E-state index < -0.39 is 11.7 Å². The largest absolute Gasteiger partial charge is 0.416 e. The minimum absolute atomic E-state index is 0.512. The molecule has 8 heteroatoms. The molecule has 2 fully saturated rings. The predicted molar refractivity (Wildman–Crippen MR) is 125 cm³/mol. The van der Waals surface area contributed by atoms with E-state index in [2.05, 4.69) is 37.0 Å². The molecule has 2 aliphatic rings. The van der Waals surface area contributed by atoms with E-state index in [9.17, 15) is 13.2 Å². The molecule has 2 saturated heterocycles. The highest BCUT2D eigenvalue weighted by Crippen LogP contribution is 2.33. The molecule has 5 rings (SSSR count). The summed E-state index contributed by atoms with van der Waals surface area (Å²) in [6.45, 7) is 5.61. The number of halogens is 3. The molecule has 0 saturated carbocycles. The molecule has 2 aliphatic heterocycles. The summed E-state index contributed by atoms with van der Waals surface area (Å²) in [5, 5.41) is 11.5. The van der Waals surface area contributed by atoms with Gasteiger partial charge in [-0.15, -0.1) is 10.2 Å². The SMILES string of the molecule is FC(F)(F)c1cccc(CN2CCN(c3nnc(N4CCCCC4)c4ccccc34)CC2)c1. The van der Waals surface area contributed by atoms with E-state index in [0.29, 0.717) is 12.1 Å². The lowest BCUT2D eigenvalue weighted by atomic mass is 10.1. The second-order valence-corrected chi connectivity index (χ2v) is 8.90. The van der Waals surface area contributed by atoms with E-state index in [1.54, 1.807) is 6.07 Å². The number of hydrogen-bond acceptors (Lipinski definition) is 5. The Labute approximate surface area is 191 Å². The lowest BCUT2D eigenvalue weighted by molar-refractivity contribution is -0.137. The van der Waals surface area contributed by atoms with Crippen LogP contribution in [0.5, 0.6) is 0 Å². The van der Waals surface area contributed by atoms with Crippen LogP contribution in [0.3, 0.4) is 0 Å². The van der Waals surface area contributed by atoms with Gasteiger partial charge in [-0.1, -0.05) is 42.5 Å². The third-order valence-corrected chi connectivity index (χ3v) is 6.64. The Morgan fingerprint density at radius 2 is 1.30 bits per heavy atom. The van der Waals surface area contributed by atoms with Gasteiger partial charge in [0, 0.05) is 56.6 Å². The smallest absolute Gasteiger partial charge is 0.355 e. The topological polar surface area (TPSA) is 35.5 Å². The first-order chi connectivity index (χ1) is 16.0. The van der Waals surface area contributed by atoms with Crippen LogP contribution in [0.2, 0.25) is 0 Å². The van der Waals surface area contributed by atoms with Crippen molar-refractivity contribution in [2.75, 3.05) is 49.1 Å². The molecule has 5 nitrogen and oxygen atoms in total. The summed E-state index contributed by atoms with van der Waals surface area (Å²) in [4.78, 5) is 6.79.